The summed E-state index contributed by atoms with van der Waals surface area (Å²) in [5.74, 6) is 0.922. The fourth-order valence-electron chi connectivity index (χ4n) is 3.66. The molecular weight excluding hydrogens is 392 g/mol. The number of hydrogen-bond acceptors (Lipinski definition) is 7. The van der Waals surface area contributed by atoms with Crippen LogP contribution in [0.15, 0.2) is 41.3 Å². The van der Waals surface area contributed by atoms with Crippen LogP contribution in [0.2, 0.25) is 5.02 Å². The maximum absolute atomic E-state index is 12.7. The molecule has 0 radical (unpaired) electrons. The molecule has 3 heterocycles. The zero-order chi connectivity index (χ0) is 19.8. The monoisotopic (exact) mass is 412 g/mol. The Kier molecular flexibility index (Phi) is 4.76. The maximum atomic E-state index is 12.7. The van der Waals surface area contributed by atoms with Crippen LogP contribution in [0, 0.1) is 0 Å². The predicted octanol–water partition coefficient (Wildman–Crippen LogP) is 1.53. The quantitative estimate of drug-likeness (QED) is 0.628. The molecule has 0 atom stereocenters. The van der Waals surface area contributed by atoms with Gasteiger partial charge in [-0.15, -0.1) is 5.10 Å². The first-order chi connectivity index (χ1) is 14.2. The van der Waals surface area contributed by atoms with Gasteiger partial charge in [0.05, 0.1) is 30.2 Å². The molecule has 0 unspecified atom stereocenters. The molecule has 1 saturated heterocycles. The van der Waals surface area contributed by atoms with Crippen LogP contribution < -0.4 is 10.5 Å². The number of anilines is 1. The van der Waals surface area contributed by atoms with Crippen LogP contribution >= 0.6 is 11.6 Å². The van der Waals surface area contributed by atoms with Gasteiger partial charge in [0.15, 0.2) is 5.82 Å². The Morgan fingerprint density at radius 3 is 2.55 bits per heavy atom. The van der Waals surface area contributed by atoms with Crippen molar-refractivity contribution >= 4 is 17.3 Å². The van der Waals surface area contributed by atoms with Gasteiger partial charge in [-0.2, -0.15) is 9.78 Å². The Hall–Kier alpha value is -2.78. The number of para-hydroxylation sites is 1. The van der Waals surface area contributed by atoms with Gasteiger partial charge in [0.2, 0.25) is 0 Å². The molecule has 1 aromatic carbocycles. The molecule has 0 bridgehead atoms. The van der Waals surface area contributed by atoms with Crippen molar-refractivity contribution in [2.24, 2.45) is 0 Å². The van der Waals surface area contributed by atoms with E-state index in [-0.39, 0.29) is 10.6 Å². The van der Waals surface area contributed by atoms with Crippen molar-refractivity contribution in [1.82, 2.24) is 34.9 Å². The van der Waals surface area contributed by atoms with E-state index < -0.39 is 0 Å². The molecule has 150 valence electrons. The first-order valence-corrected chi connectivity index (χ1v) is 10.2. The van der Waals surface area contributed by atoms with Crippen LogP contribution in [0.25, 0.3) is 5.69 Å². The number of halogens is 1. The smallest absolute Gasteiger partial charge is 0.292 e. The Bertz CT molecular complexity index is 1050. The van der Waals surface area contributed by atoms with Crippen LogP contribution in [0.1, 0.15) is 24.7 Å². The van der Waals surface area contributed by atoms with Crippen LogP contribution in [0.3, 0.4) is 0 Å². The summed E-state index contributed by atoms with van der Waals surface area (Å²) in [4.78, 5) is 17.2. The molecule has 0 amide bonds. The Balaban J connectivity index is 1.28. The highest BCUT2D eigenvalue weighted by atomic mass is 35.5. The van der Waals surface area contributed by atoms with E-state index in [1.807, 2.05) is 35.0 Å². The minimum atomic E-state index is -0.304. The van der Waals surface area contributed by atoms with E-state index in [0.717, 1.165) is 51.4 Å². The van der Waals surface area contributed by atoms with Crippen molar-refractivity contribution in [3.63, 3.8) is 0 Å². The standard InChI is InChI=1S/C19H21ClN8O/c20-18-16(12-21-28(19(18)29)14-4-2-1-3-5-14)26-10-8-25(9-11-26)13-17-22-23-24-27(17)15-6-7-15/h1-5,12,15H,6-11,13H2. The fourth-order valence-corrected chi connectivity index (χ4v) is 3.91. The lowest BCUT2D eigenvalue weighted by Crippen LogP contribution is -2.46. The number of nitrogens with zero attached hydrogens (tertiary/aromatic N) is 8. The summed E-state index contributed by atoms with van der Waals surface area (Å²) in [6.07, 6.45) is 4.00. The number of aromatic nitrogens is 6. The summed E-state index contributed by atoms with van der Waals surface area (Å²) < 4.78 is 3.29. The molecule has 29 heavy (non-hydrogen) atoms. The first-order valence-electron chi connectivity index (χ1n) is 9.78. The summed E-state index contributed by atoms with van der Waals surface area (Å²) in [5, 5.41) is 16.7. The number of piperazine rings is 1. The first kappa shape index (κ1) is 18.3. The van der Waals surface area contributed by atoms with Crippen molar-refractivity contribution in [3.8, 4) is 5.69 Å². The summed E-state index contributed by atoms with van der Waals surface area (Å²) in [6.45, 7) is 3.95. The van der Waals surface area contributed by atoms with E-state index in [4.69, 9.17) is 11.6 Å². The lowest BCUT2D eigenvalue weighted by Gasteiger charge is -2.35. The van der Waals surface area contributed by atoms with Gasteiger partial charge in [-0.3, -0.25) is 9.69 Å². The normalized spacial score (nSPS) is 17.6. The Morgan fingerprint density at radius 1 is 1.07 bits per heavy atom. The summed E-state index contributed by atoms with van der Waals surface area (Å²) in [7, 11) is 0. The molecule has 2 aliphatic rings. The van der Waals surface area contributed by atoms with Crippen LogP contribution in [0.5, 0.6) is 0 Å². The third-order valence-electron chi connectivity index (χ3n) is 5.43. The summed E-state index contributed by atoms with van der Waals surface area (Å²) in [6, 6.07) is 9.76. The highest BCUT2D eigenvalue weighted by Crippen LogP contribution is 2.34. The van der Waals surface area contributed by atoms with Gasteiger partial charge in [0, 0.05) is 26.2 Å². The highest BCUT2D eigenvalue weighted by molar-refractivity contribution is 6.33. The molecular formula is C19H21ClN8O. The molecule has 2 fully saturated rings. The second-order valence-corrected chi connectivity index (χ2v) is 7.81. The van der Waals surface area contributed by atoms with E-state index in [0.29, 0.717) is 17.4 Å². The molecule has 1 saturated carbocycles. The molecule has 0 N–H and O–H groups in total. The van der Waals surface area contributed by atoms with Crippen LogP contribution in [-0.2, 0) is 6.54 Å². The minimum absolute atomic E-state index is 0.204. The third-order valence-corrected chi connectivity index (χ3v) is 5.79. The Morgan fingerprint density at radius 2 is 1.83 bits per heavy atom. The predicted molar refractivity (Wildman–Crippen MR) is 108 cm³/mol. The van der Waals surface area contributed by atoms with E-state index in [1.165, 1.54) is 4.68 Å². The van der Waals surface area contributed by atoms with Crippen molar-refractivity contribution in [1.29, 1.82) is 0 Å². The van der Waals surface area contributed by atoms with E-state index in [9.17, 15) is 4.79 Å². The molecule has 1 aliphatic heterocycles. The zero-order valence-corrected chi connectivity index (χ0v) is 16.6. The molecule has 1 aliphatic carbocycles. The maximum Gasteiger partial charge on any atom is 0.292 e. The molecule has 2 aromatic heterocycles. The summed E-state index contributed by atoms with van der Waals surface area (Å²) >= 11 is 6.44. The average molecular weight is 413 g/mol. The van der Waals surface area contributed by atoms with Gasteiger partial charge in [-0.05, 0) is 35.4 Å². The van der Waals surface area contributed by atoms with Gasteiger partial charge in [-0.25, -0.2) is 4.68 Å². The number of benzene rings is 1. The topological polar surface area (TPSA) is 85.0 Å². The van der Waals surface area contributed by atoms with E-state index in [2.05, 4.69) is 30.4 Å². The van der Waals surface area contributed by atoms with E-state index in [1.54, 1.807) is 6.20 Å². The lowest BCUT2D eigenvalue weighted by molar-refractivity contribution is 0.239. The molecule has 0 spiro atoms. The van der Waals surface area contributed by atoms with Crippen molar-refractivity contribution in [3.05, 3.63) is 57.7 Å². The zero-order valence-electron chi connectivity index (χ0n) is 15.9. The average Bonchev–Trinajstić information content (AvgIpc) is 3.50. The third kappa shape index (κ3) is 3.63. The SMILES string of the molecule is O=c1c(Cl)c(N2CCN(Cc3nnnn3C3CC3)CC2)cnn1-c1ccccc1. The van der Waals surface area contributed by atoms with Crippen molar-refractivity contribution < 1.29 is 0 Å². The van der Waals surface area contributed by atoms with Crippen LogP contribution in [0.4, 0.5) is 5.69 Å². The number of hydrogen-bond donors (Lipinski definition) is 0. The lowest BCUT2D eigenvalue weighted by atomic mass is 10.2. The molecule has 5 rings (SSSR count). The van der Waals surface area contributed by atoms with Gasteiger partial charge >= 0.3 is 0 Å². The minimum Gasteiger partial charge on any atom is -0.366 e. The highest BCUT2D eigenvalue weighted by Gasteiger charge is 2.29. The van der Waals surface area contributed by atoms with E-state index >= 15 is 0 Å². The fraction of sp³-hybridized carbons (Fsp3) is 0.421. The molecule has 10 heteroatoms. The second-order valence-electron chi connectivity index (χ2n) is 7.43. The van der Waals surface area contributed by atoms with Crippen LogP contribution in [-0.4, -0.2) is 61.1 Å². The van der Waals surface area contributed by atoms with Gasteiger partial charge in [0.25, 0.3) is 5.56 Å². The van der Waals surface area contributed by atoms with Crippen molar-refractivity contribution in [2.75, 3.05) is 31.1 Å². The largest absolute Gasteiger partial charge is 0.366 e. The van der Waals surface area contributed by atoms with Gasteiger partial charge in [0.1, 0.15) is 5.02 Å². The second kappa shape index (κ2) is 7.57. The number of rotatable bonds is 5. The van der Waals surface area contributed by atoms with Gasteiger partial charge in [-0.1, -0.05) is 29.8 Å². The molecule has 9 nitrogen and oxygen atoms in total. The Labute approximate surface area is 172 Å². The molecule has 3 aromatic rings. The summed E-state index contributed by atoms with van der Waals surface area (Å²) in [5.41, 5.74) is 1.08. The van der Waals surface area contributed by atoms with Crippen molar-refractivity contribution in [2.45, 2.75) is 25.4 Å². The number of tetrazole rings is 1. The van der Waals surface area contributed by atoms with Gasteiger partial charge < -0.3 is 4.90 Å².